The van der Waals surface area contributed by atoms with Crippen LogP contribution in [0.3, 0.4) is 0 Å². The van der Waals surface area contributed by atoms with Crippen LogP contribution in [0.25, 0.3) is 0 Å². The molecular weight excluding hydrogens is 422 g/mol. The van der Waals surface area contributed by atoms with Gasteiger partial charge in [-0.15, -0.1) is 0 Å². The average molecular weight is 454 g/mol. The van der Waals surface area contributed by atoms with E-state index >= 15 is 0 Å². The number of unbranched alkanes of at least 4 members (excludes halogenated alkanes) is 1. The zero-order valence-electron chi connectivity index (χ0n) is 19.1. The maximum atomic E-state index is 13.3. The van der Waals surface area contributed by atoms with Gasteiger partial charge in [0.25, 0.3) is 5.91 Å². The molecule has 170 valence electrons. The van der Waals surface area contributed by atoms with Crippen molar-refractivity contribution >= 4 is 28.9 Å². The van der Waals surface area contributed by atoms with Crippen LogP contribution in [-0.2, 0) is 4.79 Å². The number of benzene rings is 2. The number of hydrogen-bond acceptors (Lipinski definition) is 4. The lowest BCUT2D eigenvalue weighted by Gasteiger charge is -2.30. The van der Waals surface area contributed by atoms with E-state index in [4.69, 9.17) is 21.7 Å². The van der Waals surface area contributed by atoms with Gasteiger partial charge in [-0.2, -0.15) is 0 Å². The number of anilines is 1. The fourth-order valence-corrected chi connectivity index (χ4v) is 3.77. The molecule has 1 aliphatic rings. The second-order valence-electron chi connectivity index (χ2n) is 7.73. The van der Waals surface area contributed by atoms with E-state index in [0.29, 0.717) is 41.1 Å². The van der Waals surface area contributed by atoms with Crippen molar-refractivity contribution < 1.29 is 14.3 Å². The quantitative estimate of drug-likeness (QED) is 0.366. The summed E-state index contributed by atoms with van der Waals surface area (Å²) in [6, 6.07) is 13.1. The number of amides is 1. The Morgan fingerprint density at radius 3 is 2.50 bits per heavy atom. The van der Waals surface area contributed by atoms with Crippen LogP contribution in [0.15, 0.2) is 53.7 Å². The molecule has 0 saturated carbocycles. The lowest BCUT2D eigenvalue weighted by Crippen LogP contribution is -2.45. The van der Waals surface area contributed by atoms with Crippen molar-refractivity contribution in [2.24, 2.45) is 0 Å². The highest BCUT2D eigenvalue weighted by atomic mass is 32.1. The smallest absolute Gasteiger partial charge is 0.255 e. The fourth-order valence-electron chi connectivity index (χ4n) is 3.50. The van der Waals surface area contributed by atoms with Crippen molar-refractivity contribution in [1.82, 2.24) is 10.6 Å². The van der Waals surface area contributed by atoms with E-state index in [-0.39, 0.29) is 5.91 Å². The van der Waals surface area contributed by atoms with Crippen LogP contribution in [0.1, 0.15) is 50.8 Å². The van der Waals surface area contributed by atoms with Crippen molar-refractivity contribution in [3.05, 3.63) is 64.9 Å². The highest BCUT2D eigenvalue weighted by Crippen LogP contribution is 2.35. The minimum atomic E-state index is -0.418. The molecule has 0 fully saturated rings. The summed E-state index contributed by atoms with van der Waals surface area (Å²) in [7, 11) is 0. The van der Waals surface area contributed by atoms with E-state index in [1.165, 1.54) is 0 Å². The van der Waals surface area contributed by atoms with E-state index in [1.807, 2.05) is 63.2 Å². The van der Waals surface area contributed by atoms with Crippen LogP contribution in [0.5, 0.6) is 11.5 Å². The van der Waals surface area contributed by atoms with E-state index < -0.39 is 6.04 Å². The maximum absolute atomic E-state index is 13.3. The first-order chi connectivity index (χ1) is 15.4. The molecule has 7 heteroatoms. The molecule has 32 heavy (non-hydrogen) atoms. The van der Waals surface area contributed by atoms with Crippen molar-refractivity contribution in [2.75, 3.05) is 18.5 Å². The molecule has 1 unspecified atom stereocenters. The first-order valence-electron chi connectivity index (χ1n) is 11.0. The largest absolute Gasteiger partial charge is 0.490 e. The average Bonchev–Trinajstić information content (AvgIpc) is 2.76. The highest BCUT2D eigenvalue weighted by molar-refractivity contribution is 7.80. The number of rotatable bonds is 9. The number of thiocarbonyl (C=S) groups is 1. The van der Waals surface area contributed by atoms with E-state index in [2.05, 4.69) is 22.9 Å². The third-order valence-corrected chi connectivity index (χ3v) is 5.40. The standard InChI is InChI=1S/C25H31N3O3S/c1-5-7-14-31-20-13-10-18(15-21(20)30-6-2)23-22(17(4)26-25(32)28-23)24(29)27-19-11-8-16(3)9-12-19/h8-13,15,23H,5-7,14H2,1-4H3,(H,27,29)(H2,26,28,32). The molecule has 3 rings (SSSR count). The van der Waals surface area contributed by atoms with E-state index in [9.17, 15) is 4.79 Å². The van der Waals surface area contributed by atoms with Gasteiger partial charge in [-0.3, -0.25) is 4.79 Å². The number of ether oxygens (including phenoxy) is 2. The Hall–Kier alpha value is -3.06. The van der Waals surface area contributed by atoms with Gasteiger partial charge < -0.3 is 25.4 Å². The summed E-state index contributed by atoms with van der Waals surface area (Å²) < 4.78 is 11.7. The molecule has 1 heterocycles. The highest BCUT2D eigenvalue weighted by Gasteiger charge is 2.30. The molecule has 0 radical (unpaired) electrons. The first kappa shape index (κ1) is 23.6. The number of allylic oxidation sites excluding steroid dienone is 1. The molecule has 0 bridgehead atoms. The molecule has 0 aromatic heterocycles. The molecule has 0 aliphatic carbocycles. The molecule has 2 aromatic carbocycles. The molecule has 1 aliphatic heterocycles. The lowest BCUT2D eigenvalue weighted by atomic mass is 9.94. The zero-order chi connectivity index (χ0) is 23.1. The van der Waals surface area contributed by atoms with Crippen LogP contribution >= 0.6 is 12.2 Å². The molecule has 2 aromatic rings. The number of hydrogen-bond donors (Lipinski definition) is 3. The minimum Gasteiger partial charge on any atom is -0.490 e. The fraction of sp³-hybridized carbons (Fsp3) is 0.360. The van der Waals surface area contributed by atoms with Crippen molar-refractivity contribution in [1.29, 1.82) is 0 Å². The Morgan fingerprint density at radius 1 is 1.06 bits per heavy atom. The van der Waals surface area contributed by atoms with Crippen molar-refractivity contribution in [3.63, 3.8) is 0 Å². The van der Waals surface area contributed by atoms with E-state index in [0.717, 1.165) is 29.7 Å². The second-order valence-corrected chi connectivity index (χ2v) is 8.14. The van der Waals surface area contributed by atoms with Crippen LogP contribution < -0.4 is 25.4 Å². The first-order valence-corrected chi connectivity index (χ1v) is 11.4. The molecule has 0 spiro atoms. The second kappa shape index (κ2) is 11.0. The normalized spacial score (nSPS) is 15.6. The van der Waals surface area contributed by atoms with Crippen molar-refractivity contribution in [3.8, 4) is 11.5 Å². The number of carbonyl (C=O) groups is 1. The predicted molar refractivity (Wildman–Crippen MR) is 132 cm³/mol. The van der Waals surface area contributed by atoms with Gasteiger partial charge in [0.1, 0.15) is 0 Å². The topological polar surface area (TPSA) is 71.6 Å². The number of aryl methyl sites for hydroxylation is 1. The summed E-state index contributed by atoms with van der Waals surface area (Å²) in [5, 5.41) is 9.77. The van der Waals surface area contributed by atoms with Crippen molar-refractivity contribution in [2.45, 2.75) is 46.6 Å². The summed E-state index contributed by atoms with van der Waals surface area (Å²) in [6.45, 7) is 9.08. The van der Waals surface area contributed by atoms with Gasteiger partial charge in [0.05, 0.1) is 24.8 Å². The molecule has 1 amide bonds. The molecular formula is C25H31N3O3S. The lowest BCUT2D eigenvalue weighted by molar-refractivity contribution is -0.113. The van der Waals surface area contributed by atoms with Gasteiger partial charge in [0.2, 0.25) is 0 Å². The predicted octanol–water partition coefficient (Wildman–Crippen LogP) is 5.00. The molecule has 3 N–H and O–H groups in total. The van der Waals surface area contributed by atoms with Gasteiger partial charge >= 0.3 is 0 Å². The Balaban J connectivity index is 1.91. The van der Waals surface area contributed by atoms with Crippen LogP contribution in [0, 0.1) is 6.92 Å². The van der Waals surface area contributed by atoms with Gasteiger partial charge in [-0.1, -0.05) is 37.1 Å². The SMILES string of the molecule is CCCCOc1ccc(C2NC(=S)NC(C)=C2C(=O)Nc2ccc(C)cc2)cc1OCC. The Morgan fingerprint density at radius 2 is 1.81 bits per heavy atom. The Labute approximate surface area is 195 Å². The number of carbonyl (C=O) groups excluding carboxylic acids is 1. The summed E-state index contributed by atoms with van der Waals surface area (Å²) >= 11 is 5.38. The Bertz CT molecular complexity index is 1000. The third-order valence-electron chi connectivity index (χ3n) is 5.18. The Kier molecular flexibility index (Phi) is 8.11. The third kappa shape index (κ3) is 5.79. The van der Waals surface area contributed by atoms with Crippen LogP contribution in [0.2, 0.25) is 0 Å². The molecule has 0 saturated heterocycles. The zero-order valence-corrected chi connectivity index (χ0v) is 19.9. The summed E-state index contributed by atoms with van der Waals surface area (Å²) in [5.74, 6) is 1.16. The van der Waals surface area contributed by atoms with Crippen LogP contribution in [-0.4, -0.2) is 24.2 Å². The minimum absolute atomic E-state index is 0.194. The summed E-state index contributed by atoms with van der Waals surface area (Å²) in [4.78, 5) is 13.3. The monoisotopic (exact) mass is 453 g/mol. The molecule has 1 atom stereocenters. The maximum Gasteiger partial charge on any atom is 0.255 e. The van der Waals surface area contributed by atoms with Gasteiger partial charge in [0.15, 0.2) is 16.6 Å². The number of nitrogens with one attached hydrogen (secondary N) is 3. The van der Waals surface area contributed by atoms with Gasteiger partial charge in [-0.05, 0) is 69.2 Å². The molecule has 6 nitrogen and oxygen atoms in total. The van der Waals surface area contributed by atoms with Gasteiger partial charge in [-0.25, -0.2) is 0 Å². The van der Waals surface area contributed by atoms with E-state index in [1.54, 1.807) is 0 Å². The summed E-state index contributed by atoms with van der Waals surface area (Å²) in [5.41, 5.74) is 4.02. The van der Waals surface area contributed by atoms with Gasteiger partial charge in [0, 0.05) is 11.4 Å². The summed E-state index contributed by atoms with van der Waals surface area (Å²) in [6.07, 6.45) is 2.03. The van der Waals surface area contributed by atoms with Crippen LogP contribution in [0.4, 0.5) is 5.69 Å².